The second-order valence-electron chi connectivity index (χ2n) is 8.04. The third kappa shape index (κ3) is 6.54. The summed E-state index contributed by atoms with van der Waals surface area (Å²) >= 11 is 0. The summed E-state index contributed by atoms with van der Waals surface area (Å²) in [7, 11) is 0. The van der Waals surface area contributed by atoms with Crippen molar-refractivity contribution in [1.82, 2.24) is 15.5 Å². The van der Waals surface area contributed by atoms with Crippen molar-refractivity contribution in [2.24, 2.45) is 5.92 Å². The minimum Gasteiger partial charge on any atom is -0.374 e. The monoisotopic (exact) mass is 397 g/mol. The van der Waals surface area contributed by atoms with Gasteiger partial charge in [-0.25, -0.2) is 0 Å². The van der Waals surface area contributed by atoms with Gasteiger partial charge in [0, 0.05) is 26.2 Å². The zero-order valence-corrected chi connectivity index (χ0v) is 17.3. The molecule has 0 spiro atoms. The van der Waals surface area contributed by atoms with E-state index < -0.39 is 0 Å². The van der Waals surface area contributed by atoms with Crippen molar-refractivity contribution < 1.29 is 14.3 Å². The molecule has 2 amide bonds. The van der Waals surface area contributed by atoms with Gasteiger partial charge in [0.25, 0.3) is 0 Å². The van der Waals surface area contributed by atoms with Crippen molar-refractivity contribution in [2.75, 3.05) is 39.3 Å². The maximum atomic E-state index is 12.3. The minimum absolute atomic E-state index is 0.00200. The fourth-order valence-corrected chi connectivity index (χ4v) is 3.74. The molecule has 0 saturated carbocycles. The summed E-state index contributed by atoms with van der Waals surface area (Å²) in [6.45, 7) is 8.34. The first-order chi connectivity index (χ1) is 14.0. The molecule has 0 aromatic heterocycles. The molecule has 1 fully saturated rings. The van der Waals surface area contributed by atoms with E-state index in [4.69, 9.17) is 4.74 Å². The van der Waals surface area contributed by atoms with E-state index in [9.17, 15) is 9.59 Å². The number of amides is 2. The average molecular weight is 398 g/mol. The van der Waals surface area contributed by atoms with Crippen LogP contribution in [-0.4, -0.2) is 62.1 Å². The van der Waals surface area contributed by atoms with Crippen LogP contribution in [0.1, 0.15) is 19.4 Å². The van der Waals surface area contributed by atoms with E-state index in [1.165, 1.54) is 0 Å². The van der Waals surface area contributed by atoms with Gasteiger partial charge in [0.2, 0.25) is 11.8 Å². The molecule has 6 heteroatoms. The zero-order valence-electron chi connectivity index (χ0n) is 17.3. The number of hydrogen-bond acceptors (Lipinski definition) is 4. The van der Waals surface area contributed by atoms with Crippen LogP contribution in [0.25, 0.3) is 10.8 Å². The molecule has 0 unspecified atom stereocenters. The molecule has 2 aromatic carbocycles. The van der Waals surface area contributed by atoms with Gasteiger partial charge >= 0.3 is 0 Å². The topological polar surface area (TPSA) is 70.7 Å². The number of ether oxygens (including phenoxy) is 1. The molecule has 0 aliphatic carbocycles. The zero-order chi connectivity index (χ0) is 20.6. The number of nitrogens with zero attached hydrogens (tertiary/aromatic N) is 1. The highest BCUT2D eigenvalue weighted by molar-refractivity contribution is 5.91. The minimum atomic E-state index is -0.194. The van der Waals surface area contributed by atoms with Crippen molar-refractivity contribution in [3.8, 4) is 0 Å². The van der Waals surface area contributed by atoms with Gasteiger partial charge in [-0.3, -0.25) is 14.5 Å². The lowest BCUT2D eigenvalue weighted by atomic mass is 10.0. The molecular weight excluding hydrogens is 366 g/mol. The second-order valence-corrected chi connectivity index (χ2v) is 8.04. The lowest BCUT2D eigenvalue weighted by Crippen LogP contribution is -2.49. The summed E-state index contributed by atoms with van der Waals surface area (Å²) in [5.41, 5.74) is 0.960. The van der Waals surface area contributed by atoms with Gasteiger partial charge in [-0.2, -0.15) is 0 Å². The number of carbonyl (C=O) groups excluding carboxylic acids is 2. The Kier molecular flexibility index (Phi) is 7.61. The first kappa shape index (κ1) is 21.3. The van der Waals surface area contributed by atoms with Gasteiger partial charge in [-0.1, -0.05) is 56.3 Å². The fourth-order valence-electron chi connectivity index (χ4n) is 3.74. The number of fused-ring (bicyclic) bond motifs is 1. The Hall–Kier alpha value is -2.44. The molecule has 1 aliphatic heterocycles. The number of benzene rings is 2. The van der Waals surface area contributed by atoms with Crippen molar-refractivity contribution in [3.63, 3.8) is 0 Å². The summed E-state index contributed by atoms with van der Waals surface area (Å²) in [5.74, 6) is 0.259. The summed E-state index contributed by atoms with van der Waals surface area (Å²) < 4.78 is 5.74. The Balaban J connectivity index is 1.40. The van der Waals surface area contributed by atoms with Crippen LogP contribution >= 0.6 is 0 Å². The Morgan fingerprint density at radius 3 is 2.72 bits per heavy atom. The SMILES string of the molecule is CC(C)CN1CCO[C@H](CNC(=O)CNC(=O)Cc2cccc3ccccc23)C1. The van der Waals surface area contributed by atoms with Crippen LogP contribution in [0.5, 0.6) is 0 Å². The van der Waals surface area contributed by atoms with Gasteiger partial charge in [-0.15, -0.1) is 0 Å². The van der Waals surface area contributed by atoms with Crippen LogP contribution in [-0.2, 0) is 20.7 Å². The Morgan fingerprint density at radius 1 is 1.10 bits per heavy atom. The Labute approximate surface area is 172 Å². The summed E-state index contributed by atoms with van der Waals surface area (Å²) in [5, 5.41) is 7.76. The van der Waals surface area contributed by atoms with Crippen LogP contribution in [0, 0.1) is 5.92 Å². The van der Waals surface area contributed by atoms with Crippen LogP contribution in [0.2, 0.25) is 0 Å². The first-order valence-electron chi connectivity index (χ1n) is 10.3. The molecule has 0 radical (unpaired) electrons. The lowest BCUT2D eigenvalue weighted by Gasteiger charge is -2.33. The molecule has 29 heavy (non-hydrogen) atoms. The molecule has 1 saturated heterocycles. The van der Waals surface area contributed by atoms with E-state index in [0.717, 1.165) is 36.0 Å². The van der Waals surface area contributed by atoms with Crippen LogP contribution in [0.3, 0.4) is 0 Å². The predicted molar refractivity (Wildman–Crippen MR) is 115 cm³/mol. The second kappa shape index (κ2) is 10.4. The fraction of sp³-hybridized carbons (Fsp3) is 0.478. The molecule has 1 atom stereocenters. The largest absolute Gasteiger partial charge is 0.374 e. The first-order valence-corrected chi connectivity index (χ1v) is 10.3. The number of nitrogens with one attached hydrogen (secondary N) is 2. The normalized spacial score (nSPS) is 17.4. The molecule has 6 nitrogen and oxygen atoms in total. The molecular formula is C23H31N3O3. The number of hydrogen-bond donors (Lipinski definition) is 2. The van der Waals surface area contributed by atoms with E-state index >= 15 is 0 Å². The lowest BCUT2D eigenvalue weighted by molar-refractivity contribution is -0.126. The van der Waals surface area contributed by atoms with Gasteiger partial charge in [0.05, 0.1) is 25.7 Å². The van der Waals surface area contributed by atoms with Crippen molar-refractivity contribution in [1.29, 1.82) is 0 Å². The van der Waals surface area contributed by atoms with E-state index in [-0.39, 0.29) is 30.9 Å². The molecule has 1 aliphatic rings. The maximum absolute atomic E-state index is 12.3. The van der Waals surface area contributed by atoms with E-state index in [0.29, 0.717) is 19.1 Å². The Morgan fingerprint density at radius 2 is 1.90 bits per heavy atom. The molecule has 2 N–H and O–H groups in total. The summed E-state index contributed by atoms with van der Waals surface area (Å²) in [6, 6.07) is 13.9. The Bertz CT molecular complexity index is 832. The highest BCUT2D eigenvalue weighted by Gasteiger charge is 2.21. The highest BCUT2D eigenvalue weighted by Crippen LogP contribution is 2.18. The van der Waals surface area contributed by atoms with Crippen molar-refractivity contribution >= 4 is 22.6 Å². The molecule has 2 aromatic rings. The van der Waals surface area contributed by atoms with Crippen molar-refractivity contribution in [2.45, 2.75) is 26.4 Å². The van der Waals surface area contributed by atoms with Gasteiger partial charge in [-0.05, 0) is 22.3 Å². The standard InChI is InChI=1S/C23H31N3O3/c1-17(2)15-26-10-11-29-20(16-26)13-24-23(28)14-25-22(27)12-19-8-5-7-18-6-3-4-9-21(18)19/h3-9,17,20H,10-16H2,1-2H3,(H,24,28)(H,25,27)/t20-/m1/s1. The van der Waals surface area contributed by atoms with E-state index in [1.807, 2.05) is 42.5 Å². The average Bonchev–Trinajstić information content (AvgIpc) is 2.71. The highest BCUT2D eigenvalue weighted by atomic mass is 16.5. The smallest absolute Gasteiger partial charge is 0.239 e. The van der Waals surface area contributed by atoms with Gasteiger partial charge < -0.3 is 15.4 Å². The summed E-state index contributed by atoms with van der Waals surface area (Å²) in [6.07, 6.45) is 0.252. The van der Waals surface area contributed by atoms with Crippen LogP contribution in [0.15, 0.2) is 42.5 Å². The summed E-state index contributed by atoms with van der Waals surface area (Å²) in [4.78, 5) is 26.8. The van der Waals surface area contributed by atoms with Crippen LogP contribution < -0.4 is 10.6 Å². The predicted octanol–water partition coefficient (Wildman–Crippen LogP) is 1.97. The molecule has 1 heterocycles. The van der Waals surface area contributed by atoms with Gasteiger partial charge in [0.1, 0.15) is 0 Å². The molecule has 0 bridgehead atoms. The number of carbonyl (C=O) groups is 2. The number of rotatable bonds is 8. The van der Waals surface area contributed by atoms with Gasteiger partial charge in [0.15, 0.2) is 0 Å². The quantitative estimate of drug-likeness (QED) is 0.715. The van der Waals surface area contributed by atoms with Crippen LogP contribution in [0.4, 0.5) is 0 Å². The molecule has 156 valence electrons. The van der Waals surface area contributed by atoms with Crippen molar-refractivity contribution in [3.05, 3.63) is 48.0 Å². The third-order valence-electron chi connectivity index (χ3n) is 5.05. The maximum Gasteiger partial charge on any atom is 0.239 e. The number of morpholine rings is 1. The van der Waals surface area contributed by atoms with E-state index in [2.05, 4.69) is 29.4 Å². The molecule has 3 rings (SSSR count). The third-order valence-corrected chi connectivity index (χ3v) is 5.05. The van der Waals surface area contributed by atoms with E-state index in [1.54, 1.807) is 0 Å².